The van der Waals surface area contributed by atoms with Gasteiger partial charge in [-0.15, -0.1) is 0 Å². The van der Waals surface area contributed by atoms with Crippen molar-refractivity contribution < 1.29 is 18.4 Å². The first kappa shape index (κ1) is 16.8. The van der Waals surface area contributed by atoms with Crippen LogP contribution in [0.25, 0.3) is 0 Å². The van der Waals surface area contributed by atoms with E-state index in [1.54, 1.807) is 22.6 Å². The summed E-state index contributed by atoms with van der Waals surface area (Å²) >= 11 is 4.64. The van der Waals surface area contributed by atoms with Crippen molar-refractivity contribution in [2.75, 3.05) is 5.75 Å². The molecule has 2 atom stereocenters. The highest BCUT2D eigenvalue weighted by Crippen LogP contribution is 2.45. The van der Waals surface area contributed by atoms with Crippen molar-refractivity contribution in [3.63, 3.8) is 0 Å². The maximum atomic E-state index is 11.9. The molecule has 2 unspecified atom stereocenters. The first-order chi connectivity index (χ1) is 8.63. The predicted octanol–water partition coefficient (Wildman–Crippen LogP) is 2.55. The number of aliphatic hydroxyl groups excluding tert-OH is 1. The van der Waals surface area contributed by atoms with Gasteiger partial charge >= 0.3 is 0 Å². The summed E-state index contributed by atoms with van der Waals surface area (Å²) in [5.41, 5.74) is 0.164. The Morgan fingerprint density at radius 2 is 1.95 bits per heavy atom. The van der Waals surface area contributed by atoms with Crippen LogP contribution >= 0.6 is 38.5 Å². The van der Waals surface area contributed by atoms with Crippen LogP contribution in [0.2, 0.25) is 0 Å². The summed E-state index contributed by atoms with van der Waals surface area (Å²) < 4.78 is 22.2. The molecule has 0 fully saturated rings. The van der Waals surface area contributed by atoms with Crippen LogP contribution in [0.15, 0.2) is 24.3 Å². The molecule has 0 aliphatic heterocycles. The van der Waals surface area contributed by atoms with Gasteiger partial charge < -0.3 is 5.11 Å². The monoisotopic (exact) mass is 463 g/mol. The number of sulfone groups is 1. The van der Waals surface area contributed by atoms with Crippen LogP contribution in [0.3, 0.4) is 0 Å². The molecule has 0 aliphatic carbocycles. The number of nitrogens with zero attached hydrogens (tertiary/aromatic N) is 1. The molecule has 0 saturated heterocycles. The number of alkyl halides is 2. The molecule has 19 heavy (non-hydrogen) atoms. The van der Waals surface area contributed by atoms with E-state index in [9.17, 15) is 23.6 Å². The summed E-state index contributed by atoms with van der Waals surface area (Å²) in [5, 5.41) is 20.7. The quantitative estimate of drug-likeness (QED) is 0.313. The van der Waals surface area contributed by atoms with Gasteiger partial charge in [-0.3, -0.25) is 10.1 Å². The lowest BCUT2D eigenvalue weighted by molar-refractivity contribution is -0.384. The molecular formula is C10H11BrINO5S. The highest BCUT2D eigenvalue weighted by atomic mass is 127. The number of benzene rings is 1. The number of halogens is 2. The van der Waals surface area contributed by atoms with Crippen molar-refractivity contribution in [3.8, 4) is 0 Å². The fourth-order valence-electron chi connectivity index (χ4n) is 1.33. The van der Waals surface area contributed by atoms with Crippen molar-refractivity contribution in [1.82, 2.24) is 0 Å². The van der Waals surface area contributed by atoms with E-state index < -0.39 is 22.5 Å². The fourth-order valence-corrected chi connectivity index (χ4v) is 4.44. The van der Waals surface area contributed by atoms with Crippen molar-refractivity contribution in [2.45, 2.75) is 14.7 Å². The van der Waals surface area contributed by atoms with Crippen LogP contribution in [-0.2, 0) is 9.84 Å². The molecule has 1 rings (SSSR count). The molecule has 0 spiro atoms. The largest absolute Gasteiger partial charge is 0.385 e. The molecule has 1 aromatic carbocycles. The lowest BCUT2D eigenvalue weighted by Crippen LogP contribution is -2.33. The number of aliphatic hydroxyl groups is 1. The number of non-ortho nitro benzene ring substituents is 1. The van der Waals surface area contributed by atoms with Gasteiger partial charge in [-0.1, -0.05) is 22.9 Å². The summed E-state index contributed by atoms with van der Waals surface area (Å²) in [6.07, 6.45) is -1.33. The van der Waals surface area contributed by atoms with E-state index in [-0.39, 0.29) is 17.0 Å². The highest BCUT2D eigenvalue weighted by molar-refractivity contribution is 14.1. The number of rotatable bonds is 5. The van der Waals surface area contributed by atoms with E-state index in [1.807, 2.05) is 0 Å². The molecule has 0 aliphatic rings. The van der Waals surface area contributed by atoms with Gasteiger partial charge in [-0.05, 0) is 40.3 Å². The topological polar surface area (TPSA) is 97.5 Å². The van der Waals surface area contributed by atoms with Crippen LogP contribution in [0.1, 0.15) is 18.6 Å². The lowest BCUT2D eigenvalue weighted by atomic mass is 10.1. The van der Waals surface area contributed by atoms with Crippen LogP contribution < -0.4 is 0 Å². The molecule has 1 aromatic rings. The minimum Gasteiger partial charge on any atom is -0.385 e. The maximum absolute atomic E-state index is 11.9. The van der Waals surface area contributed by atoms with Crippen molar-refractivity contribution in [2.24, 2.45) is 0 Å². The van der Waals surface area contributed by atoms with Gasteiger partial charge in [0.1, 0.15) is 6.10 Å². The Morgan fingerprint density at radius 3 is 2.32 bits per heavy atom. The third kappa shape index (κ3) is 3.44. The number of nitro benzene ring substituents is 1. The molecule has 6 nitrogen and oxygen atoms in total. The van der Waals surface area contributed by atoms with Crippen molar-refractivity contribution in [3.05, 3.63) is 39.9 Å². The predicted molar refractivity (Wildman–Crippen MR) is 83.2 cm³/mol. The Bertz CT molecular complexity index is 572. The van der Waals surface area contributed by atoms with E-state index in [0.29, 0.717) is 0 Å². The zero-order valence-corrected chi connectivity index (χ0v) is 14.3. The highest BCUT2D eigenvalue weighted by Gasteiger charge is 2.45. The van der Waals surface area contributed by atoms with Gasteiger partial charge in [-0.25, -0.2) is 8.42 Å². The van der Waals surface area contributed by atoms with Crippen LogP contribution in [0.4, 0.5) is 5.69 Å². The maximum Gasteiger partial charge on any atom is 0.269 e. The van der Waals surface area contributed by atoms with Crippen molar-refractivity contribution in [1.29, 1.82) is 0 Å². The van der Waals surface area contributed by atoms with Gasteiger partial charge in [0.05, 0.1) is 4.92 Å². The van der Waals surface area contributed by atoms with E-state index >= 15 is 0 Å². The summed E-state index contributed by atoms with van der Waals surface area (Å²) in [7, 11) is -3.55. The third-order valence-electron chi connectivity index (χ3n) is 2.53. The molecule has 0 aromatic heterocycles. The average molecular weight is 464 g/mol. The molecule has 0 amide bonds. The molecule has 0 radical (unpaired) electrons. The Morgan fingerprint density at radius 1 is 1.47 bits per heavy atom. The summed E-state index contributed by atoms with van der Waals surface area (Å²) in [4.78, 5) is 9.96. The van der Waals surface area contributed by atoms with Crippen molar-refractivity contribution >= 4 is 54.0 Å². The first-order valence-corrected chi connectivity index (χ1v) is 8.68. The van der Waals surface area contributed by atoms with E-state index in [2.05, 4.69) is 15.9 Å². The minimum absolute atomic E-state index is 0.122. The summed E-state index contributed by atoms with van der Waals surface area (Å²) in [6.45, 7) is 1.48. The number of hydrogen-bond donors (Lipinski definition) is 1. The molecule has 0 saturated carbocycles. The van der Waals surface area contributed by atoms with Crippen LogP contribution in [-0.4, -0.2) is 25.9 Å². The first-order valence-electron chi connectivity index (χ1n) is 5.16. The zero-order valence-electron chi connectivity index (χ0n) is 9.79. The number of nitro groups is 1. The van der Waals surface area contributed by atoms with E-state index in [4.69, 9.17) is 0 Å². The molecule has 9 heteroatoms. The standard InChI is InChI=1S/C10H11BrINO5S/c1-2-19(17,18)10(11,12)9(14)7-3-5-8(6-4-7)13(15)16/h3-6,9,14H,2H2,1H3. The number of hydrogen-bond acceptors (Lipinski definition) is 5. The van der Waals surface area contributed by atoms with Gasteiger partial charge in [0, 0.05) is 17.9 Å². The molecule has 1 N–H and O–H groups in total. The fraction of sp³-hybridized carbons (Fsp3) is 0.400. The molecular weight excluding hydrogens is 453 g/mol. The Hall–Kier alpha value is -0.260. The van der Waals surface area contributed by atoms with Gasteiger partial charge in [0.25, 0.3) is 5.69 Å². The second-order valence-electron chi connectivity index (χ2n) is 3.72. The zero-order chi connectivity index (χ0) is 14.8. The average Bonchev–Trinajstić information content (AvgIpc) is 2.37. The molecule has 0 bridgehead atoms. The minimum atomic E-state index is -3.55. The lowest BCUT2D eigenvalue weighted by Gasteiger charge is -2.26. The normalized spacial score (nSPS) is 16.6. The third-order valence-corrected chi connectivity index (χ3v) is 8.86. The molecule has 106 valence electrons. The Kier molecular flexibility index (Phi) is 5.32. The van der Waals surface area contributed by atoms with E-state index in [0.717, 1.165) is 0 Å². The van der Waals surface area contributed by atoms with Gasteiger partial charge in [-0.2, -0.15) is 0 Å². The van der Waals surface area contributed by atoms with E-state index in [1.165, 1.54) is 31.2 Å². The van der Waals surface area contributed by atoms with Gasteiger partial charge in [0.15, 0.2) is 9.84 Å². The van der Waals surface area contributed by atoms with Crippen LogP contribution in [0.5, 0.6) is 0 Å². The molecule has 0 heterocycles. The second kappa shape index (κ2) is 6.02. The summed E-state index contributed by atoms with van der Waals surface area (Å²) in [6, 6.07) is 5.11. The van der Waals surface area contributed by atoms with Crippen LogP contribution in [0, 0.1) is 10.1 Å². The summed E-state index contributed by atoms with van der Waals surface area (Å²) in [5.74, 6) is -0.134. The SMILES string of the molecule is CCS(=O)(=O)C(Br)(I)C(O)c1ccc([N+](=O)[O-])cc1. The Balaban J connectivity index is 3.13. The smallest absolute Gasteiger partial charge is 0.269 e. The second-order valence-corrected chi connectivity index (χ2v) is 11.9. The Labute approximate surface area is 132 Å². The van der Waals surface area contributed by atoms with Gasteiger partial charge in [0.2, 0.25) is 1.66 Å².